The highest BCUT2D eigenvalue weighted by atomic mass is 16.6. The Balaban J connectivity index is 1.74. The van der Waals surface area contributed by atoms with Crippen LogP contribution in [0.25, 0.3) is 5.69 Å². The smallest absolute Gasteiger partial charge is 0.276 e. The summed E-state index contributed by atoms with van der Waals surface area (Å²) in [5, 5.41) is 20.3. The molecule has 3 rings (SSSR count). The fraction of sp³-hybridized carbons (Fsp3) is 0.100. The average molecular weight is 422 g/mol. The molecule has 0 aliphatic rings. The molecule has 0 spiro atoms. The fourth-order valence-electron chi connectivity index (χ4n) is 2.71. The molecule has 1 aromatic heterocycles. The van der Waals surface area contributed by atoms with E-state index < -0.39 is 22.6 Å². The number of amides is 3. The number of hydrogen-bond donors (Lipinski definition) is 3. The second-order valence-corrected chi connectivity index (χ2v) is 6.39. The van der Waals surface area contributed by atoms with Gasteiger partial charge >= 0.3 is 0 Å². The molecule has 11 nitrogen and oxygen atoms in total. The third-order valence-electron chi connectivity index (χ3n) is 4.20. The summed E-state index contributed by atoms with van der Waals surface area (Å²) in [7, 11) is 0. The Morgan fingerprint density at radius 2 is 1.84 bits per heavy atom. The van der Waals surface area contributed by atoms with E-state index in [0.717, 1.165) is 0 Å². The van der Waals surface area contributed by atoms with E-state index in [9.17, 15) is 24.5 Å². The molecule has 0 aliphatic heterocycles. The Bertz CT molecular complexity index is 1160. The van der Waals surface area contributed by atoms with Crippen LogP contribution in [-0.2, 0) is 4.79 Å². The summed E-state index contributed by atoms with van der Waals surface area (Å²) in [5.74, 6) is -1.58. The van der Waals surface area contributed by atoms with Gasteiger partial charge in [-0.3, -0.25) is 24.5 Å². The van der Waals surface area contributed by atoms with Crippen LogP contribution in [-0.4, -0.2) is 39.0 Å². The van der Waals surface area contributed by atoms with Gasteiger partial charge in [0.1, 0.15) is 0 Å². The molecule has 0 saturated heterocycles. The van der Waals surface area contributed by atoms with E-state index in [2.05, 4.69) is 15.7 Å². The van der Waals surface area contributed by atoms with Crippen molar-refractivity contribution in [2.24, 2.45) is 5.73 Å². The Hall–Kier alpha value is -4.54. The first-order chi connectivity index (χ1) is 14.8. The number of aromatic nitrogens is 2. The van der Waals surface area contributed by atoms with Gasteiger partial charge < -0.3 is 16.4 Å². The molecule has 0 fully saturated rings. The number of hydrogen-bond acceptors (Lipinski definition) is 6. The van der Waals surface area contributed by atoms with Crippen molar-refractivity contribution >= 4 is 29.1 Å². The number of non-ortho nitro benzene ring substituents is 1. The maximum atomic E-state index is 12.6. The summed E-state index contributed by atoms with van der Waals surface area (Å²) in [4.78, 5) is 46.2. The van der Waals surface area contributed by atoms with Crippen LogP contribution in [0.2, 0.25) is 0 Å². The van der Waals surface area contributed by atoms with Crippen LogP contribution < -0.4 is 16.4 Å². The summed E-state index contributed by atoms with van der Waals surface area (Å²) in [6.45, 7) is 0.0735. The first-order valence-electron chi connectivity index (χ1n) is 9.12. The average Bonchev–Trinajstić information content (AvgIpc) is 3.24. The number of nitro benzene ring substituents is 1. The Kier molecular flexibility index (Phi) is 6.36. The zero-order valence-corrected chi connectivity index (χ0v) is 16.1. The van der Waals surface area contributed by atoms with Gasteiger partial charge in [-0.25, -0.2) is 4.68 Å². The van der Waals surface area contributed by atoms with Gasteiger partial charge in [-0.15, -0.1) is 0 Å². The number of carbonyl (C=O) groups is 3. The van der Waals surface area contributed by atoms with Crippen molar-refractivity contribution < 1.29 is 19.3 Å². The molecule has 3 aromatic rings. The maximum Gasteiger partial charge on any atom is 0.276 e. The second-order valence-electron chi connectivity index (χ2n) is 6.39. The summed E-state index contributed by atoms with van der Waals surface area (Å²) < 4.78 is 1.34. The predicted molar refractivity (Wildman–Crippen MR) is 111 cm³/mol. The van der Waals surface area contributed by atoms with Crippen LogP contribution in [0.4, 0.5) is 11.4 Å². The lowest BCUT2D eigenvalue weighted by Gasteiger charge is -2.10. The highest BCUT2D eigenvalue weighted by Gasteiger charge is 2.16. The molecular formula is C20H18N6O5. The highest BCUT2D eigenvalue weighted by molar-refractivity contribution is 6.08. The number of nitrogens with zero attached hydrogens (tertiary/aromatic N) is 3. The minimum absolute atomic E-state index is 0.00461. The third kappa shape index (κ3) is 5.29. The molecule has 1 heterocycles. The van der Waals surface area contributed by atoms with Gasteiger partial charge in [-0.05, 0) is 24.3 Å². The lowest BCUT2D eigenvalue weighted by Crippen LogP contribution is -2.29. The monoisotopic (exact) mass is 422 g/mol. The summed E-state index contributed by atoms with van der Waals surface area (Å²) in [6.07, 6.45) is 1.49. The van der Waals surface area contributed by atoms with Crippen LogP contribution >= 0.6 is 0 Å². The van der Waals surface area contributed by atoms with Crippen LogP contribution in [0, 0.1) is 10.1 Å². The quantitative estimate of drug-likeness (QED) is 0.369. The molecule has 11 heteroatoms. The van der Waals surface area contributed by atoms with Crippen molar-refractivity contribution in [1.82, 2.24) is 15.1 Å². The minimum atomic E-state index is -0.568. The SMILES string of the molecule is NC(=O)CCNC(=O)c1ccccc1NC(=O)c1ccn(-c2cccc([N+](=O)[O-])c2)n1. The van der Waals surface area contributed by atoms with Crippen molar-refractivity contribution in [3.05, 3.63) is 82.2 Å². The first kappa shape index (κ1) is 21.2. The number of nitro groups is 1. The van der Waals surface area contributed by atoms with E-state index in [1.807, 2.05) is 0 Å². The zero-order valence-electron chi connectivity index (χ0n) is 16.1. The molecule has 158 valence electrons. The topological polar surface area (TPSA) is 162 Å². The van der Waals surface area contributed by atoms with E-state index in [-0.39, 0.29) is 35.6 Å². The van der Waals surface area contributed by atoms with Gasteiger partial charge in [-0.1, -0.05) is 18.2 Å². The van der Waals surface area contributed by atoms with Crippen LogP contribution in [0.15, 0.2) is 60.8 Å². The van der Waals surface area contributed by atoms with E-state index in [4.69, 9.17) is 5.73 Å². The molecule has 0 saturated carbocycles. The molecular weight excluding hydrogens is 404 g/mol. The van der Waals surface area contributed by atoms with Crippen molar-refractivity contribution in [1.29, 1.82) is 0 Å². The number of primary amides is 1. The third-order valence-corrected chi connectivity index (χ3v) is 4.20. The number of carbonyl (C=O) groups excluding carboxylic acids is 3. The Morgan fingerprint density at radius 3 is 2.58 bits per heavy atom. The summed E-state index contributed by atoms with van der Waals surface area (Å²) in [5.41, 5.74) is 5.89. The normalized spacial score (nSPS) is 10.3. The molecule has 0 bridgehead atoms. The number of para-hydroxylation sites is 1. The van der Waals surface area contributed by atoms with E-state index in [1.165, 1.54) is 41.2 Å². The number of rotatable bonds is 8. The van der Waals surface area contributed by atoms with Crippen LogP contribution in [0.3, 0.4) is 0 Å². The van der Waals surface area contributed by atoms with E-state index in [1.54, 1.807) is 24.3 Å². The largest absolute Gasteiger partial charge is 0.370 e. The first-order valence-corrected chi connectivity index (χ1v) is 9.12. The number of anilines is 1. The van der Waals surface area contributed by atoms with Gasteiger partial charge in [-0.2, -0.15) is 5.10 Å². The van der Waals surface area contributed by atoms with Gasteiger partial charge in [0.05, 0.1) is 21.9 Å². The lowest BCUT2D eigenvalue weighted by atomic mass is 10.1. The number of benzene rings is 2. The van der Waals surface area contributed by atoms with Crippen molar-refractivity contribution in [2.45, 2.75) is 6.42 Å². The molecule has 0 aliphatic carbocycles. The van der Waals surface area contributed by atoms with Gasteiger partial charge in [0, 0.05) is 31.3 Å². The molecule has 2 aromatic carbocycles. The summed E-state index contributed by atoms with van der Waals surface area (Å²) >= 11 is 0. The number of nitrogens with one attached hydrogen (secondary N) is 2. The zero-order chi connectivity index (χ0) is 22.4. The van der Waals surface area contributed by atoms with Gasteiger partial charge in [0.2, 0.25) is 5.91 Å². The maximum absolute atomic E-state index is 12.6. The van der Waals surface area contributed by atoms with Crippen molar-refractivity contribution in [3.63, 3.8) is 0 Å². The standard InChI is InChI=1S/C20H18N6O5/c21-18(27)8-10-22-19(28)15-6-1-2-7-16(15)23-20(29)17-9-11-25(24-17)13-4-3-5-14(12-13)26(30)31/h1-7,9,11-12H,8,10H2,(H2,21,27)(H,22,28)(H,23,29). The van der Waals surface area contributed by atoms with Crippen molar-refractivity contribution in [2.75, 3.05) is 11.9 Å². The second kappa shape index (κ2) is 9.31. The van der Waals surface area contributed by atoms with E-state index >= 15 is 0 Å². The Labute approximate surface area is 176 Å². The molecule has 4 N–H and O–H groups in total. The Morgan fingerprint density at radius 1 is 1.06 bits per heavy atom. The minimum Gasteiger partial charge on any atom is -0.370 e. The lowest BCUT2D eigenvalue weighted by molar-refractivity contribution is -0.384. The molecule has 0 atom stereocenters. The predicted octanol–water partition coefficient (Wildman–Crippen LogP) is 1.64. The number of nitrogens with two attached hydrogens (primary N) is 1. The molecule has 0 unspecified atom stereocenters. The molecule has 0 radical (unpaired) electrons. The molecule has 31 heavy (non-hydrogen) atoms. The highest BCUT2D eigenvalue weighted by Crippen LogP contribution is 2.18. The summed E-state index contributed by atoms with van der Waals surface area (Å²) in [6, 6.07) is 13.6. The van der Waals surface area contributed by atoms with Crippen LogP contribution in [0.5, 0.6) is 0 Å². The molecule has 3 amide bonds. The van der Waals surface area contributed by atoms with Crippen LogP contribution in [0.1, 0.15) is 27.3 Å². The van der Waals surface area contributed by atoms with Crippen molar-refractivity contribution in [3.8, 4) is 5.69 Å². The van der Waals surface area contributed by atoms with Gasteiger partial charge in [0.15, 0.2) is 5.69 Å². The van der Waals surface area contributed by atoms with Gasteiger partial charge in [0.25, 0.3) is 17.5 Å². The fourth-order valence-corrected chi connectivity index (χ4v) is 2.71. The van der Waals surface area contributed by atoms with E-state index in [0.29, 0.717) is 5.69 Å².